The molecule has 1 N–H and O–H groups in total. The van der Waals surface area contributed by atoms with Gasteiger partial charge in [-0.3, -0.25) is 9.79 Å². The summed E-state index contributed by atoms with van der Waals surface area (Å²) in [4.78, 5) is 17.8. The van der Waals surface area contributed by atoms with Crippen LogP contribution in [0.3, 0.4) is 0 Å². The lowest BCUT2D eigenvalue weighted by Crippen LogP contribution is -2.38. The summed E-state index contributed by atoms with van der Waals surface area (Å²) in [5, 5.41) is 10.8. The average molecular weight is 392 g/mol. The second-order valence-electron chi connectivity index (χ2n) is 7.18. The third kappa shape index (κ3) is 4.80. The topological polar surface area (TPSA) is 68.1 Å². The van der Waals surface area contributed by atoms with E-state index in [4.69, 9.17) is 9.47 Å². The first-order valence-corrected chi connectivity index (χ1v) is 10.7. The molecule has 0 unspecified atom stereocenters. The average Bonchev–Trinajstić information content (AvgIpc) is 3.35. The number of aliphatic hydroxyl groups excluding tert-OH is 1. The molecule has 6 heteroatoms. The van der Waals surface area contributed by atoms with Gasteiger partial charge in [0.25, 0.3) is 0 Å². The molecule has 3 rings (SSSR count). The number of benzene rings is 1. The standard InChI is InChI=1S/C21H29NO4S/c1-3-18-16(13-23)19(25-2)20(26-18)17(24)12-15(21-22-9-10-27-21)11-14-7-5-4-6-8-14/h4-8,15-16,18-20,23H,3,9-13H2,1-2H3/t15-,16-,18-,19+,20+/m1/s1. The fourth-order valence-electron chi connectivity index (χ4n) is 4.08. The largest absolute Gasteiger partial charge is 0.396 e. The zero-order chi connectivity index (χ0) is 19.2. The van der Waals surface area contributed by atoms with Gasteiger partial charge in [0.05, 0.1) is 23.9 Å². The molecule has 1 fully saturated rings. The number of Topliss-reactive ketones (excluding diaryl/α,β-unsaturated/α-hetero) is 1. The minimum Gasteiger partial charge on any atom is -0.396 e. The highest BCUT2D eigenvalue weighted by atomic mass is 32.2. The van der Waals surface area contributed by atoms with E-state index in [-0.39, 0.29) is 36.4 Å². The van der Waals surface area contributed by atoms with E-state index in [0.29, 0.717) is 6.42 Å². The van der Waals surface area contributed by atoms with Gasteiger partial charge in [0.2, 0.25) is 0 Å². The van der Waals surface area contributed by atoms with Gasteiger partial charge in [0.15, 0.2) is 5.78 Å². The summed E-state index contributed by atoms with van der Waals surface area (Å²) >= 11 is 1.76. The van der Waals surface area contributed by atoms with Crippen molar-refractivity contribution in [2.45, 2.75) is 44.5 Å². The SMILES string of the molecule is CC[C@H]1O[C@@H](C(=O)C[C@@H](Cc2ccccc2)C2=NCCS2)[C@@H](OC)[C@@H]1CO. The highest BCUT2D eigenvalue weighted by molar-refractivity contribution is 8.14. The molecule has 2 aliphatic heterocycles. The number of methoxy groups -OCH3 is 1. The molecule has 0 amide bonds. The number of hydrogen-bond donors (Lipinski definition) is 1. The highest BCUT2D eigenvalue weighted by Crippen LogP contribution is 2.34. The normalized spacial score (nSPS) is 28.9. The molecule has 0 radical (unpaired) electrons. The summed E-state index contributed by atoms with van der Waals surface area (Å²) in [6, 6.07) is 10.2. The van der Waals surface area contributed by atoms with Crippen molar-refractivity contribution in [2.75, 3.05) is 26.0 Å². The van der Waals surface area contributed by atoms with E-state index >= 15 is 0 Å². The van der Waals surface area contributed by atoms with Crippen LogP contribution in [-0.2, 0) is 20.7 Å². The Bertz CT molecular complexity index is 651. The Balaban J connectivity index is 1.73. The number of carbonyl (C=O) groups is 1. The Labute approximate surface area is 165 Å². The molecular weight excluding hydrogens is 362 g/mol. The predicted octanol–water partition coefficient (Wildman–Crippen LogP) is 2.75. The van der Waals surface area contributed by atoms with Crippen molar-refractivity contribution in [3.8, 4) is 0 Å². The maximum absolute atomic E-state index is 13.1. The summed E-state index contributed by atoms with van der Waals surface area (Å²) in [6.45, 7) is 2.80. The van der Waals surface area contributed by atoms with Crippen molar-refractivity contribution < 1.29 is 19.4 Å². The van der Waals surface area contributed by atoms with E-state index in [1.807, 2.05) is 25.1 Å². The number of nitrogens with zero attached hydrogens (tertiary/aromatic N) is 1. The van der Waals surface area contributed by atoms with Crippen LogP contribution in [0.25, 0.3) is 0 Å². The molecule has 0 bridgehead atoms. The van der Waals surface area contributed by atoms with Crippen LogP contribution in [0, 0.1) is 11.8 Å². The molecule has 0 saturated carbocycles. The van der Waals surface area contributed by atoms with E-state index in [9.17, 15) is 9.90 Å². The highest BCUT2D eigenvalue weighted by Gasteiger charge is 2.47. The lowest BCUT2D eigenvalue weighted by molar-refractivity contribution is -0.135. The third-order valence-electron chi connectivity index (χ3n) is 5.45. The predicted molar refractivity (Wildman–Crippen MR) is 108 cm³/mol. The van der Waals surface area contributed by atoms with Crippen molar-refractivity contribution in [1.82, 2.24) is 0 Å². The van der Waals surface area contributed by atoms with Crippen LogP contribution in [-0.4, -0.2) is 60.3 Å². The minimum absolute atomic E-state index is 0.0310. The molecule has 5 nitrogen and oxygen atoms in total. The van der Waals surface area contributed by atoms with Crippen LogP contribution in [0.4, 0.5) is 0 Å². The number of ketones is 1. The second kappa shape index (κ2) is 9.82. The molecule has 0 aliphatic carbocycles. The van der Waals surface area contributed by atoms with Crippen molar-refractivity contribution in [2.24, 2.45) is 16.8 Å². The lowest BCUT2D eigenvalue weighted by Gasteiger charge is -2.22. The van der Waals surface area contributed by atoms with Gasteiger partial charge in [-0.2, -0.15) is 0 Å². The first-order valence-electron chi connectivity index (χ1n) is 9.70. The first kappa shape index (κ1) is 20.5. The molecule has 148 valence electrons. The van der Waals surface area contributed by atoms with Crippen molar-refractivity contribution >= 4 is 22.6 Å². The van der Waals surface area contributed by atoms with Gasteiger partial charge in [-0.05, 0) is 18.4 Å². The molecule has 1 aromatic rings. The third-order valence-corrected chi connectivity index (χ3v) is 6.60. The monoisotopic (exact) mass is 391 g/mol. The Kier molecular flexibility index (Phi) is 7.47. The molecule has 0 spiro atoms. The van der Waals surface area contributed by atoms with Crippen molar-refractivity contribution in [3.05, 3.63) is 35.9 Å². The number of hydrogen-bond acceptors (Lipinski definition) is 6. The van der Waals surface area contributed by atoms with E-state index in [1.54, 1.807) is 18.9 Å². The Morgan fingerprint density at radius 1 is 1.41 bits per heavy atom. The van der Waals surface area contributed by atoms with E-state index < -0.39 is 6.10 Å². The van der Waals surface area contributed by atoms with E-state index in [0.717, 1.165) is 30.2 Å². The van der Waals surface area contributed by atoms with E-state index in [2.05, 4.69) is 17.1 Å². The fraction of sp³-hybridized carbons (Fsp3) is 0.619. The molecule has 0 aromatic heterocycles. The summed E-state index contributed by atoms with van der Waals surface area (Å²) in [6.07, 6.45) is 0.804. The number of rotatable bonds is 9. The van der Waals surface area contributed by atoms with Gasteiger partial charge in [0, 0.05) is 37.7 Å². The molecule has 5 atom stereocenters. The molecule has 1 aromatic carbocycles. The van der Waals surface area contributed by atoms with Crippen LogP contribution < -0.4 is 0 Å². The molecule has 1 saturated heterocycles. The summed E-state index contributed by atoms with van der Waals surface area (Å²) in [5.41, 5.74) is 1.21. The van der Waals surface area contributed by atoms with Crippen LogP contribution in [0.2, 0.25) is 0 Å². The van der Waals surface area contributed by atoms with E-state index in [1.165, 1.54) is 5.56 Å². The Morgan fingerprint density at radius 3 is 2.78 bits per heavy atom. The van der Waals surface area contributed by atoms with Crippen molar-refractivity contribution in [1.29, 1.82) is 0 Å². The fourth-order valence-corrected chi connectivity index (χ4v) is 5.06. The number of carbonyl (C=O) groups excluding carboxylic acids is 1. The van der Waals surface area contributed by atoms with Crippen LogP contribution in [0.15, 0.2) is 35.3 Å². The maximum Gasteiger partial charge on any atom is 0.164 e. The number of thioether (sulfide) groups is 1. The minimum atomic E-state index is -0.609. The van der Waals surface area contributed by atoms with Crippen LogP contribution >= 0.6 is 11.8 Å². The quantitative estimate of drug-likeness (QED) is 0.701. The van der Waals surface area contributed by atoms with Gasteiger partial charge in [-0.25, -0.2) is 0 Å². The zero-order valence-electron chi connectivity index (χ0n) is 16.0. The van der Waals surface area contributed by atoms with Crippen molar-refractivity contribution in [3.63, 3.8) is 0 Å². The number of ether oxygens (including phenoxy) is 2. The second-order valence-corrected chi connectivity index (χ2v) is 8.29. The molecule has 2 heterocycles. The molecule has 27 heavy (non-hydrogen) atoms. The molecule has 2 aliphatic rings. The van der Waals surface area contributed by atoms with Gasteiger partial charge in [0.1, 0.15) is 6.10 Å². The first-order chi connectivity index (χ1) is 13.2. The maximum atomic E-state index is 13.1. The molecular formula is C21H29NO4S. The summed E-state index contributed by atoms with van der Waals surface area (Å²) in [7, 11) is 1.59. The van der Waals surface area contributed by atoms with Gasteiger partial charge < -0.3 is 14.6 Å². The Hall–Kier alpha value is -1.21. The summed E-state index contributed by atoms with van der Waals surface area (Å²) in [5.74, 6) is 0.953. The smallest absolute Gasteiger partial charge is 0.164 e. The van der Waals surface area contributed by atoms with Crippen LogP contribution in [0.1, 0.15) is 25.3 Å². The number of aliphatic imine (C=N–C) groups is 1. The van der Waals surface area contributed by atoms with Gasteiger partial charge in [-0.15, -0.1) is 11.8 Å². The lowest BCUT2D eigenvalue weighted by atomic mass is 9.89. The summed E-state index contributed by atoms with van der Waals surface area (Å²) < 4.78 is 11.6. The van der Waals surface area contributed by atoms with Gasteiger partial charge >= 0.3 is 0 Å². The Morgan fingerprint density at radius 2 is 2.19 bits per heavy atom. The number of aliphatic hydroxyl groups is 1. The van der Waals surface area contributed by atoms with Crippen LogP contribution in [0.5, 0.6) is 0 Å². The van der Waals surface area contributed by atoms with Gasteiger partial charge in [-0.1, -0.05) is 37.3 Å². The zero-order valence-corrected chi connectivity index (χ0v) is 16.9.